The molecule has 2 saturated carbocycles. The predicted octanol–water partition coefficient (Wildman–Crippen LogP) is 3.30. The highest BCUT2D eigenvalue weighted by Gasteiger charge is 2.60. The molecule has 0 radical (unpaired) electrons. The third-order valence-corrected chi connectivity index (χ3v) is 7.60. The molecule has 1 spiro atoms. The Bertz CT molecular complexity index is 719. The van der Waals surface area contributed by atoms with Crippen molar-refractivity contribution in [3.05, 3.63) is 24.3 Å². The zero-order chi connectivity index (χ0) is 18.3. The number of carbonyl (C=O) groups is 2. The molecular formula is C20H26N2O3S. The van der Waals surface area contributed by atoms with Crippen molar-refractivity contribution in [1.29, 1.82) is 0 Å². The SMILES string of the molecule is CCO[C@@H]1C[C@@H](N(C)C(=O)C[C@H]2Sc3ccccc3NC2=O)C12CCC2. The molecule has 1 aliphatic heterocycles. The summed E-state index contributed by atoms with van der Waals surface area (Å²) in [7, 11) is 1.90. The van der Waals surface area contributed by atoms with Gasteiger partial charge in [-0.1, -0.05) is 18.6 Å². The number of hydrogen-bond acceptors (Lipinski definition) is 4. The summed E-state index contributed by atoms with van der Waals surface area (Å²) < 4.78 is 5.90. The smallest absolute Gasteiger partial charge is 0.238 e. The molecule has 6 heteroatoms. The second-order valence-corrected chi connectivity index (χ2v) is 8.83. The summed E-state index contributed by atoms with van der Waals surface area (Å²) in [4.78, 5) is 28.2. The van der Waals surface area contributed by atoms with E-state index in [4.69, 9.17) is 4.74 Å². The van der Waals surface area contributed by atoms with E-state index >= 15 is 0 Å². The van der Waals surface area contributed by atoms with Gasteiger partial charge in [-0.25, -0.2) is 0 Å². The number of carbonyl (C=O) groups excluding carboxylic acids is 2. The molecule has 1 N–H and O–H groups in total. The van der Waals surface area contributed by atoms with Crippen LogP contribution in [0, 0.1) is 5.41 Å². The molecule has 2 fully saturated rings. The van der Waals surface area contributed by atoms with Crippen molar-refractivity contribution in [1.82, 2.24) is 4.90 Å². The molecule has 0 saturated heterocycles. The first-order valence-electron chi connectivity index (χ1n) is 9.49. The number of amides is 2. The van der Waals surface area contributed by atoms with Gasteiger partial charge in [-0.15, -0.1) is 11.8 Å². The van der Waals surface area contributed by atoms with Gasteiger partial charge in [0.2, 0.25) is 11.8 Å². The second-order valence-electron chi connectivity index (χ2n) is 7.58. The first-order chi connectivity index (χ1) is 12.5. The average Bonchev–Trinajstić information content (AvgIpc) is 2.57. The van der Waals surface area contributed by atoms with Crippen LogP contribution in [0.15, 0.2) is 29.2 Å². The number of ether oxygens (including phenoxy) is 1. The predicted molar refractivity (Wildman–Crippen MR) is 102 cm³/mol. The molecular weight excluding hydrogens is 348 g/mol. The number of thioether (sulfide) groups is 1. The van der Waals surface area contributed by atoms with Crippen LogP contribution in [-0.4, -0.2) is 47.8 Å². The van der Waals surface area contributed by atoms with E-state index in [0.29, 0.717) is 6.10 Å². The van der Waals surface area contributed by atoms with Crippen molar-refractivity contribution in [2.75, 3.05) is 19.0 Å². The first kappa shape index (κ1) is 17.9. The van der Waals surface area contributed by atoms with Crippen molar-refractivity contribution in [2.24, 2.45) is 5.41 Å². The van der Waals surface area contributed by atoms with Crippen LogP contribution in [0.1, 0.15) is 39.0 Å². The van der Waals surface area contributed by atoms with E-state index in [1.807, 2.05) is 43.1 Å². The monoisotopic (exact) mass is 374 g/mol. The highest BCUT2D eigenvalue weighted by Crippen LogP contribution is 2.59. The summed E-state index contributed by atoms with van der Waals surface area (Å²) in [6.45, 7) is 2.76. The molecule has 0 unspecified atom stereocenters. The molecule has 1 heterocycles. The quantitative estimate of drug-likeness (QED) is 0.859. The number of benzene rings is 1. The molecule has 5 nitrogen and oxygen atoms in total. The summed E-state index contributed by atoms with van der Waals surface area (Å²) in [5.74, 6) is -0.0159. The van der Waals surface area contributed by atoms with E-state index in [1.165, 1.54) is 18.2 Å². The lowest BCUT2D eigenvalue weighted by Crippen LogP contribution is -2.67. The minimum Gasteiger partial charge on any atom is -0.378 e. The first-order valence-corrected chi connectivity index (χ1v) is 10.4. The van der Waals surface area contributed by atoms with Crippen LogP contribution < -0.4 is 5.32 Å². The summed E-state index contributed by atoms with van der Waals surface area (Å²) in [5.41, 5.74) is 1.00. The van der Waals surface area contributed by atoms with E-state index in [9.17, 15) is 9.59 Å². The maximum Gasteiger partial charge on any atom is 0.238 e. The number of fused-ring (bicyclic) bond motifs is 1. The lowest BCUT2D eigenvalue weighted by atomic mass is 9.50. The fraction of sp³-hybridized carbons (Fsp3) is 0.600. The Balaban J connectivity index is 1.40. The molecule has 26 heavy (non-hydrogen) atoms. The van der Waals surface area contributed by atoms with Gasteiger partial charge < -0.3 is 15.0 Å². The topological polar surface area (TPSA) is 58.6 Å². The molecule has 1 aromatic carbocycles. The number of para-hydroxylation sites is 1. The Labute approximate surface area is 158 Å². The molecule has 2 amide bonds. The number of anilines is 1. The third kappa shape index (κ3) is 2.83. The number of nitrogens with one attached hydrogen (secondary N) is 1. The van der Waals surface area contributed by atoms with Crippen LogP contribution in [0.2, 0.25) is 0 Å². The Hall–Kier alpha value is -1.53. The van der Waals surface area contributed by atoms with Crippen LogP contribution in [0.5, 0.6) is 0 Å². The highest BCUT2D eigenvalue weighted by atomic mass is 32.2. The lowest BCUT2D eigenvalue weighted by Gasteiger charge is -2.63. The molecule has 2 aliphatic carbocycles. The zero-order valence-electron chi connectivity index (χ0n) is 15.4. The Morgan fingerprint density at radius 1 is 1.38 bits per heavy atom. The van der Waals surface area contributed by atoms with Gasteiger partial charge in [0.25, 0.3) is 0 Å². The largest absolute Gasteiger partial charge is 0.378 e. The van der Waals surface area contributed by atoms with Crippen LogP contribution in [0.25, 0.3) is 0 Å². The van der Waals surface area contributed by atoms with E-state index in [2.05, 4.69) is 5.32 Å². The molecule has 4 rings (SSSR count). The fourth-order valence-corrected chi connectivity index (χ4v) is 5.75. The van der Waals surface area contributed by atoms with Crippen molar-refractivity contribution in [2.45, 2.75) is 61.3 Å². The minimum absolute atomic E-state index is 0.0586. The van der Waals surface area contributed by atoms with E-state index in [-0.39, 0.29) is 34.9 Å². The highest BCUT2D eigenvalue weighted by molar-refractivity contribution is 8.01. The molecule has 0 bridgehead atoms. The van der Waals surface area contributed by atoms with Crippen LogP contribution in [0.3, 0.4) is 0 Å². The summed E-state index contributed by atoms with van der Waals surface area (Å²) in [6.07, 6.45) is 4.97. The second kappa shape index (κ2) is 6.89. The lowest BCUT2D eigenvalue weighted by molar-refractivity contribution is -0.202. The maximum atomic E-state index is 12.9. The zero-order valence-corrected chi connectivity index (χ0v) is 16.2. The van der Waals surface area contributed by atoms with Gasteiger partial charge >= 0.3 is 0 Å². The van der Waals surface area contributed by atoms with E-state index in [0.717, 1.165) is 36.5 Å². The minimum atomic E-state index is -0.361. The van der Waals surface area contributed by atoms with E-state index in [1.54, 1.807) is 0 Å². The van der Waals surface area contributed by atoms with Crippen molar-refractivity contribution in [3.8, 4) is 0 Å². The van der Waals surface area contributed by atoms with Gasteiger partial charge in [0.15, 0.2) is 0 Å². The molecule has 3 atom stereocenters. The Morgan fingerprint density at radius 2 is 2.15 bits per heavy atom. The Morgan fingerprint density at radius 3 is 2.85 bits per heavy atom. The summed E-state index contributed by atoms with van der Waals surface area (Å²) in [5, 5.41) is 2.56. The van der Waals surface area contributed by atoms with Gasteiger partial charge in [0.05, 0.1) is 17.0 Å². The molecule has 0 aromatic heterocycles. The van der Waals surface area contributed by atoms with Gasteiger partial charge in [0, 0.05) is 36.4 Å². The summed E-state index contributed by atoms with van der Waals surface area (Å²) >= 11 is 1.49. The van der Waals surface area contributed by atoms with Crippen LogP contribution in [0.4, 0.5) is 5.69 Å². The maximum absolute atomic E-state index is 12.9. The fourth-order valence-electron chi connectivity index (χ4n) is 4.65. The van der Waals surface area contributed by atoms with Crippen LogP contribution >= 0.6 is 11.8 Å². The van der Waals surface area contributed by atoms with Crippen molar-refractivity contribution >= 4 is 29.3 Å². The third-order valence-electron chi connectivity index (χ3n) is 6.32. The molecule has 140 valence electrons. The van der Waals surface area contributed by atoms with Gasteiger partial charge in [-0.3, -0.25) is 9.59 Å². The normalized spacial score (nSPS) is 28.5. The number of rotatable bonds is 5. The van der Waals surface area contributed by atoms with Crippen molar-refractivity contribution in [3.63, 3.8) is 0 Å². The number of hydrogen-bond donors (Lipinski definition) is 1. The van der Waals surface area contributed by atoms with Gasteiger partial charge in [-0.2, -0.15) is 0 Å². The molecule has 1 aromatic rings. The van der Waals surface area contributed by atoms with E-state index < -0.39 is 0 Å². The standard InChI is InChI=1S/C20H26N2O3S/c1-3-25-17-12-16(20(17)9-6-10-20)22(2)18(23)11-15-19(24)21-13-7-4-5-8-14(13)26-15/h4-5,7-8,15-17H,3,6,9-12H2,1-2H3,(H,21,24)/t15-,16-,17-/m1/s1. The van der Waals surface area contributed by atoms with Gasteiger partial charge in [0.1, 0.15) is 0 Å². The number of nitrogens with zero attached hydrogens (tertiary/aromatic N) is 1. The summed E-state index contributed by atoms with van der Waals surface area (Å²) in [6, 6.07) is 8.00. The molecule has 3 aliphatic rings. The average molecular weight is 375 g/mol. The van der Waals surface area contributed by atoms with Gasteiger partial charge in [-0.05, 0) is 38.3 Å². The Kier molecular flexibility index (Phi) is 4.73. The van der Waals surface area contributed by atoms with Crippen LogP contribution in [-0.2, 0) is 14.3 Å². The van der Waals surface area contributed by atoms with Crippen molar-refractivity contribution < 1.29 is 14.3 Å².